The maximum Gasteiger partial charge on any atom is 0.314 e. The molecule has 2 rings (SSSR count). The number of aliphatic carboxylic acids is 1. The Morgan fingerprint density at radius 1 is 1.32 bits per heavy atom. The van der Waals surface area contributed by atoms with Gasteiger partial charge in [0.2, 0.25) is 0 Å². The largest absolute Gasteiger partial charge is 0.495 e. The maximum atomic E-state index is 11.9. The first kappa shape index (κ1) is 14.4. The van der Waals surface area contributed by atoms with Crippen LogP contribution in [-0.2, 0) is 10.2 Å². The van der Waals surface area contributed by atoms with E-state index in [0.717, 1.165) is 34.9 Å². The van der Waals surface area contributed by atoms with E-state index < -0.39 is 11.4 Å². The summed E-state index contributed by atoms with van der Waals surface area (Å²) in [4.78, 5) is 11.9. The van der Waals surface area contributed by atoms with Gasteiger partial charge in [0.1, 0.15) is 5.75 Å². The highest BCUT2D eigenvalue weighted by Gasteiger charge is 2.43. The molecule has 0 spiro atoms. The predicted molar refractivity (Wildman–Crippen MR) is 77.8 cm³/mol. The van der Waals surface area contributed by atoms with E-state index in [9.17, 15) is 9.90 Å². The van der Waals surface area contributed by atoms with Crippen LogP contribution < -0.4 is 4.74 Å². The third kappa shape index (κ3) is 2.38. The fourth-order valence-corrected chi connectivity index (χ4v) is 3.49. The predicted octanol–water partition coefficient (Wildman–Crippen LogP) is 4.05. The van der Waals surface area contributed by atoms with Crippen LogP contribution in [0.15, 0.2) is 16.6 Å². The lowest BCUT2D eigenvalue weighted by Crippen LogP contribution is -2.38. The minimum absolute atomic E-state index is 0.671. The molecule has 19 heavy (non-hydrogen) atoms. The smallest absolute Gasteiger partial charge is 0.314 e. The summed E-state index contributed by atoms with van der Waals surface area (Å²) in [6.07, 6.45) is 4.41. The molecule has 1 aliphatic carbocycles. The normalized spacial score (nSPS) is 18.1. The van der Waals surface area contributed by atoms with Gasteiger partial charge < -0.3 is 9.84 Å². The molecule has 104 valence electrons. The summed E-state index contributed by atoms with van der Waals surface area (Å²) in [6, 6.07) is 3.87. The first-order chi connectivity index (χ1) is 9.03. The first-order valence-electron chi connectivity index (χ1n) is 6.60. The molecule has 0 aromatic heterocycles. The van der Waals surface area contributed by atoms with Gasteiger partial charge in [0.05, 0.1) is 17.0 Å². The number of aryl methyl sites for hydroxylation is 1. The number of halogens is 1. The number of carboxylic acids is 1. The van der Waals surface area contributed by atoms with Crippen LogP contribution in [0, 0.1) is 6.92 Å². The average Bonchev–Trinajstić information content (AvgIpc) is 2.42. The zero-order valence-electron chi connectivity index (χ0n) is 11.3. The monoisotopic (exact) mass is 326 g/mol. The number of ether oxygens (including phenoxy) is 1. The van der Waals surface area contributed by atoms with E-state index in [-0.39, 0.29) is 0 Å². The Bertz CT molecular complexity index is 490. The summed E-state index contributed by atoms with van der Waals surface area (Å²) in [7, 11) is 1.60. The number of carbonyl (C=O) groups is 1. The van der Waals surface area contributed by atoms with Crippen LogP contribution in [0.2, 0.25) is 0 Å². The number of carboxylic acid groups (broad SMARTS) is 1. The lowest BCUT2D eigenvalue weighted by atomic mass is 9.69. The number of rotatable bonds is 3. The second kappa shape index (κ2) is 5.53. The molecule has 4 heteroatoms. The molecule has 0 unspecified atom stereocenters. The summed E-state index contributed by atoms with van der Waals surface area (Å²) < 4.78 is 6.34. The van der Waals surface area contributed by atoms with Crippen LogP contribution >= 0.6 is 15.9 Å². The SMILES string of the molecule is COc1c(C2(C(=O)O)CCCCC2)ccc(C)c1Br. The van der Waals surface area contributed by atoms with Crippen LogP contribution in [0.1, 0.15) is 43.2 Å². The van der Waals surface area contributed by atoms with Crippen molar-refractivity contribution in [3.63, 3.8) is 0 Å². The number of methoxy groups -OCH3 is 1. The van der Waals surface area contributed by atoms with E-state index in [1.807, 2.05) is 19.1 Å². The molecule has 0 heterocycles. The van der Waals surface area contributed by atoms with Gasteiger partial charge in [-0.2, -0.15) is 0 Å². The average molecular weight is 327 g/mol. The van der Waals surface area contributed by atoms with Gasteiger partial charge in [-0.25, -0.2) is 0 Å². The summed E-state index contributed by atoms with van der Waals surface area (Å²) in [5.74, 6) is -0.0643. The Labute approximate surface area is 122 Å². The van der Waals surface area contributed by atoms with Crippen LogP contribution in [0.5, 0.6) is 5.75 Å². The van der Waals surface area contributed by atoms with Gasteiger partial charge in [-0.1, -0.05) is 31.4 Å². The van der Waals surface area contributed by atoms with Crippen molar-refractivity contribution in [1.29, 1.82) is 0 Å². The van der Waals surface area contributed by atoms with Crippen LogP contribution in [0.3, 0.4) is 0 Å². The second-order valence-corrected chi connectivity index (χ2v) is 6.02. The summed E-state index contributed by atoms with van der Waals surface area (Å²) in [6.45, 7) is 1.98. The Balaban J connectivity index is 2.60. The lowest BCUT2D eigenvalue weighted by Gasteiger charge is -2.35. The van der Waals surface area contributed by atoms with Crippen molar-refractivity contribution < 1.29 is 14.6 Å². The minimum Gasteiger partial charge on any atom is -0.495 e. The molecule has 3 nitrogen and oxygen atoms in total. The standard InChI is InChI=1S/C15H19BrO3/c1-10-6-7-11(13(19-2)12(10)16)15(14(17)18)8-4-3-5-9-15/h6-7H,3-5,8-9H2,1-2H3,(H,17,18). The molecule has 1 aromatic carbocycles. The van der Waals surface area contributed by atoms with Crippen molar-refractivity contribution in [2.45, 2.75) is 44.4 Å². The maximum absolute atomic E-state index is 11.9. The Morgan fingerprint density at radius 2 is 1.95 bits per heavy atom. The highest BCUT2D eigenvalue weighted by molar-refractivity contribution is 9.10. The Kier molecular flexibility index (Phi) is 4.19. The summed E-state index contributed by atoms with van der Waals surface area (Å²) in [5, 5.41) is 9.75. The fourth-order valence-electron chi connectivity index (χ4n) is 2.98. The molecule has 1 saturated carbocycles. The van der Waals surface area contributed by atoms with Crippen molar-refractivity contribution in [2.75, 3.05) is 7.11 Å². The van der Waals surface area contributed by atoms with Crippen LogP contribution in [-0.4, -0.2) is 18.2 Å². The Hall–Kier alpha value is -1.03. The first-order valence-corrected chi connectivity index (χ1v) is 7.39. The summed E-state index contributed by atoms with van der Waals surface area (Å²) >= 11 is 3.51. The van der Waals surface area contributed by atoms with Gasteiger partial charge in [0, 0.05) is 5.56 Å². The number of hydrogen-bond donors (Lipinski definition) is 1. The van der Waals surface area contributed by atoms with Crippen LogP contribution in [0.25, 0.3) is 0 Å². The van der Waals surface area contributed by atoms with Crippen molar-refractivity contribution in [3.05, 3.63) is 27.7 Å². The molecule has 0 aliphatic heterocycles. The lowest BCUT2D eigenvalue weighted by molar-refractivity contribution is -0.145. The molecule has 0 amide bonds. The number of hydrogen-bond acceptors (Lipinski definition) is 2. The molecule has 0 bridgehead atoms. The summed E-state index contributed by atoms with van der Waals surface area (Å²) in [5.41, 5.74) is 1.07. The van der Waals surface area contributed by atoms with Crippen molar-refractivity contribution >= 4 is 21.9 Å². The molecule has 1 N–H and O–H groups in total. The Morgan fingerprint density at radius 3 is 2.47 bits per heavy atom. The highest BCUT2D eigenvalue weighted by Crippen LogP contribution is 2.46. The topological polar surface area (TPSA) is 46.5 Å². The third-order valence-electron chi connectivity index (χ3n) is 4.13. The van der Waals surface area contributed by atoms with Gasteiger partial charge in [0.25, 0.3) is 0 Å². The third-order valence-corrected chi connectivity index (χ3v) is 5.11. The molecular weight excluding hydrogens is 308 g/mol. The van der Waals surface area contributed by atoms with Gasteiger partial charge in [-0.3, -0.25) is 4.79 Å². The van der Waals surface area contributed by atoms with Crippen molar-refractivity contribution in [3.8, 4) is 5.75 Å². The molecular formula is C15H19BrO3. The van der Waals surface area contributed by atoms with Crippen molar-refractivity contribution in [1.82, 2.24) is 0 Å². The van der Waals surface area contributed by atoms with Gasteiger partial charge in [-0.05, 0) is 41.3 Å². The van der Waals surface area contributed by atoms with E-state index in [1.54, 1.807) is 7.11 Å². The van der Waals surface area contributed by atoms with E-state index in [1.165, 1.54) is 0 Å². The molecule has 1 aliphatic rings. The van der Waals surface area contributed by atoms with E-state index in [4.69, 9.17) is 4.74 Å². The number of benzene rings is 1. The van der Waals surface area contributed by atoms with Crippen LogP contribution in [0.4, 0.5) is 0 Å². The van der Waals surface area contributed by atoms with E-state index >= 15 is 0 Å². The fraction of sp³-hybridized carbons (Fsp3) is 0.533. The van der Waals surface area contributed by atoms with Gasteiger partial charge >= 0.3 is 5.97 Å². The van der Waals surface area contributed by atoms with Crippen molar-refractivity contribution in [2.24, 2.45) is 0 Å². The molecule has 0 saturated heterocycles. The zero-order chi connectivity index (χ0) is 14.0. The van der Waals surface area contributed by atoms with E-state index in [2.05, 4.69) is 15.9 Å². The molecule has 0 atom stereocenters. The molecule has 1 aromatic rings. The second-order valence-electron chi connectivity index (χ2n) is 5.23. The van der Waals surface area contributed by atoms with E-state index in [0.29, 0.717) is 18.6 Å². The highest BCUT2D eigenvalue weighted by atomic mass is 79.9. The quantitative estimate of drug-likeness (QED) is 0.911. The molecule has 1 fully saturated rings. The van der Waals surface area contributed by atoms with Gasteiger partial charge in [0.15, 0.2) is 0 Å². The van der Waals surface area contributed by atoms with Gasteiger partial charge in [-0.15, -0.1) is 0 Å². The molecule has 0 radical (unpaired) electrons. The zero-order valence-corrected chi connectivity index (χ0v) is 12.9. The minimum atomic E-state index is -0.792.